The minimum absolute atomic E-state index is 0.402. The average molecular weight is 183 g/mol. The highest BCUT2D eigenvalue weighted by Gasteiger charge is 2.13. The van der Waals surface area contributed by atoms with Gasteiger partial charge in [0.1, 0.15) is 11.9 Å². The Labute approximate surface area is 76.2 Å². The van der Waals surface area contributed by atoms with E-state index in [1.807, 2.05) is 6.92 Å². The summed E-state index contributed by atoms with van der Waals surface area (Å²) in [5.74, 6) is 0.132. The van der Waals surface area contributed by atoms with E-state index in [2.05, 4.69) is 15.5 Å². The van der Waals surface area contributed by atoms with Crippen LogP contribution in [-0.4, -0.2) is 27.3 Å². The number of aliphatic hydroxyl groups excluding tert-OH is 1. The molecule has 0 aliphatic heterocycles. The summed E-state index contributed by atoms with van der Waals surface area (Å²) in [5.41, 5.74) is 0.844. The van der Waals surface area contributed by atoms with Crippen LogP contribution in [-0.2, 0) is 4.79 Å². The maximum Gasteiger partial charge on any atom is 0.254 e. The Morgan fingerprint density at radius 2 is 2.54 bits per heavy atom. The van der Waals surface area contributed by atoms with Crippen LogP contribution in [0.1, 0.15) is 18.9 Å². The number of aliphatic hydroxyl groups is 1. The zero-order chi connectivity index (χ0) is 9.84. The van der Waals surface area contributed by atoms with Gasteiger partial charge in [-0.15, -0.1) is 0 Å². The highest BCUT2D eigenvalue weighted by molar-refractivity contribution is 5.93. The predicted octanol–water partition coefficient (Wildman–Crippen LogP) is 0.428. The first kappa shape index (κ1) is 9.73. The molecule has 0 saturated heterocycles. The molecule has 1 unspecified atom stereocenters. The number of hydrogen-bond donors (Lipinski definition) is 3. The van der Waals surface area contributed by atoms with Gasteiger partial charge in [0.05, 0.1) is 6.20 Å². The van der Waals surface area contributed by atoms with Gasteiger partial charge >= 0.3 is 0 Å². The van der Waals surface area contributed by atoms with Gasteiger partial charge in [-0.3, -0.25) is 9.89 Å². The van der Waals surface area contributed by atoms with E-state index in [0.29, 0.717) is 12.2 Å². The van der Waals surface area contributed by atoms with Crippen molar-refractivity contribution in [3.05, 3.63) is 11.8 Å². The summed E-state index contributed by atoms with van der Waals surface area (Å²) < 4.78 is 0. The molecule has 1 aromatic heterocycles. The lowest BCUT2D eigenvalue weighted by atomic mass is 10.2. The molecule has 1 rings (SSSR count). The summed E-state index contributed by atoms with van der Waals surface area (Å²) in [5, 5.41) is 18.1. The molecule has 13 heavy (non-hydrogen) atoms. The molecule has 1 amide bonds. The van der Waals surface area contributed by atoms with Crippen molar-refractivity contribution in [3.63, 3.8) is 0 Å². The van der Waals surface area contributed by atoms with Crippen LogP contribution in [0.4, 0.5) is 5.82 Å². The van der Waals surface area contributed by atoms with Gasteiger partial charge in [-0.1, -0.05) is 6.92 Å². The Balaban J connectivity index is 2.60. The van der Waals surface area contributed by atoms with E-state index in [1.165, 1.54) is 0 Å². The molecule has 0 bridgehead atoms. The molecule has 1 heterocycles. The van der Waals surface area contributed by atoms with Crippen LogP contribution in [0.2, 0.25) is 0 Å². The molecule has 72 valence electrons. The highest BCUT2D eigenvalue weighted by Crippen LogP contribution is 2.08. The lowest BCUT2D eigenvalue weighted by Crippen LogP contribution is -2.27. The Morgan fingerprint density at radius 1 is 1.85 bits per heavy atom. The number of nitrogens with zero attached hydrogens (tertiary/aromatic N) is 1. The van der Waals surface area contributed by atoms with Crippen LogP contribution < -0.4 is 5.32 Å². The van der Waals surface area contributed by atoms with E-state index in [4.69, 9.17) is 5.11 Å². The SMILES string of the molecule is CCC(O)C(=O)Nc1[nH]ncc1C. The van der Waals surface area contributed by atoms with E-state index in [9.17, 15) is 4.79 Å². The zero-order valence-electron chi connectivity index (χ0n) is 7.66. The van der Waals surface area contributed by atoms with Crippen molar-refractivity contribution in [1.82, 2.24) is 10.2 Å². The van der Waals surface area contributed by atoms with Crippen molar-refractivity contribution in [2.24, 2.45) is 0 Å². The summed E-state index contributed by atoms with van der Waals surface area (Å²) in [6.45, 7) is 3.56. The fourth-order valence-electron chi connectivity index (χ4n) is 0.865. The van der Waals surface area contributed by atoms with Crippen molar-refractivity contribution in [3.8, 4) is 0 Å². The first-order valence-corrected chi connectivity index (χ1v) is 4.14. The number of amides is 1. The second-order valence-electron chi connectivity index (χ2n) is 2.84. The van der Waals surface area contributed by atoms with E-state index in [0.717, 1.165) is 5.56 Å². The van der Waals surface area contributed by atoms with E-state index in [1.54, 1.807) is 13.1 Å². The monoisotopic (exact) mass is 183 g/mol. The minimum atomic E-state index is -0.956. The smallest absolute Gasteiger partial charge is 0.254 e. The molecule has 0 spiro atoms. The largest absolute Gasteiger partial charge is 0.383 e. The van der Waals surface area contributed by atoms with E-state index in [-0.39, 0.29) is 0 Å². The summed E-state index contributed by atoms with van der Waals surface area (Å²) in [4.78, 5) is 11.2. The third-order valence-corrected chi connectivity index (χ3v) is 1.77. The molecule has 0 radical (unpaired) electrons. The molecule has 0 aliphatic carbocycles. The molecule has 0 aromatic carbocycles. The van der Waals surface area contributed by atoms with Gasteiger partial charge in [-0.25, -0.2) is 0 Å². The number of aromatic amines is 1. The fourth-order valence-corrected chi connectivity index (χ4v) is 0.865. The second-order valence-corrected chi connectivity index (χ2v) is 2.84. The molecule has 1 atom stereocenters. The highest BCUT2D eigenvalue weighted by atomic mass is 16.3. The summed E-state index contributed by atoms with van der Waals surface area (Å²) in [7, 11) is 0. The maximum absolute atomic E-state index is 11.2. The number of carbonyl (C=O) groups is 1. The maximum atomic E-state index is 11.2. The van der Waals surface area contributed by atoms with Crippen LogP contribution in [0.15, 0.2) is 6.20 Å². The van der Waals surface area contributed by atoms with E-state index >= 15 is 0 Å². The third-order valence-electron chi connectivity index (χ3n) is 1.77. The van der Waals surface area contributed by atoms with Gasteiger partial charge in [0.25, 0.3) is 5.91 Å². The average Bonchev–Trinajstić information content (AvgIpc) is 2.50. The lowest BCUT2D eigenvalue weighted by Gasteiger charge is -2.07. The Bertz CT molecular complexity index is 295. The topological polar surface area (TPSA) is 78.0 Å². The predicted molar refractivity (Wildman–Crippen MR) is 48.3 cm³/mol. The van der Waals surface area contributed by atoms with Gasteiger partial charge in [0, 0.05) is 5.56 Å². The first-order valence-electron chi connectivity index (χ1n) is 4.14. The summed E-state index contributed by atoms with van der Waals surface area (Å²) >= 11 is 0. The molecule has 1 aromatic rings. The number of aromatic nitrogens is 2. The number of H-pyrrole nitrogens is 1. The van der Waals surface area contributed by atoms with Crippen molar-refractivity contribution in [2.75, 3.05) is 5.32 Å². The Hall–Kier alpha value is -1.36. The molecule has 0 saturated carbocycles. The van der Waals surface area contributed by atoms with Crippen LogP contribution in [0.5, 0.6) is 0 Å². The quantitative estimate of drug-likeness (QED) is 0.635. The second kappa shape index (κ2) is 4.04. The normalized spacial score (nSPS) is 12.5. The van der Waals surface area contributed by atoms with Crippen LogP contribution >= 0.6 is 0 Å². The molecular formula is C8H13N3O2. The van der Waals surface area contributed by atoms with Gasteiger partial charge in [0.15, 0.2) is 0 Å². The molecule has 0 aliphatic rings. The number of anilines is 1. The number of rotatable bonds is 3. The van der Waals surface area contributed by atoms with Crippen LogP contribution in [0.3, 0.4) is 0 Å². The van der Waals surface area contributed by atoms with Crippen molar-refractivity contribution in [2.45, 2.75) is 26.4 Å². The standard InChI is InChI=1S/C8H13N3O2/c1-3-6(12)8(13)10-7-5(2)4-9-11-7/h4,6,12H,3H2,1-2H3,(H2,9,10,11,13). The van der Waals surface area contributed by atoms with Crippen LogP contribution in [0.25, 0.3) is 0 Å². The fraction of sp³-hybridized carbons (Fsp3) is 0.500. The number of hydrogen-bond acceptors (Lipinski definition) is 3. The van der Waals surface area contributed by atoms with Gasteiger partial charge in [-0.05, 0) is 13.3 Å². The zero-order valence-corrected chi connectivity index (χ0v) is 7.66. The van der Waals surface area contributed by atoms with Crippen molar-refractivity contribution in [1.29, 1.82) is 0 Å². The summed E-state index contributed by atoms with van der Waals surface area (Å²) in [6.07, 6.45) is 1.05. The number of nitrogens with one attached hydrogen (secondary N) is 2. The Morgan fingerprint density at radius 3 is 3.00 bits per heavy atom. The molecule has 5 heteroatoms. The number of aryl methyl sites for hydroxylation is 1. The minimum Gasteiger partial charge on any atom is -0.383 e. The van der Waals surface area contributed by atoms with Gasteiger partial charge in [-0.2, -0.15) is 5.10 Å². The first-order chi connectivity index (χ1) is 6.15. The molecule has 3 N–H and O–H groups in total. The lowest BCUT2D eigenvalue weighted by molar-refractivity contribution is -0.124. The van der Waals surface area contributed by atoms with Crippen LogP contribution in [0, 0.1) is 6.92 Å². The molecular weight excluding hydrogens is 170 g/mol. The van der Waals surface area contributed by atoms with Gasteiger partial charge < -0.3 is 10.4 Å². The molecule has 5 nitrogen and oxygen atoms in total. The number of carbonyl (C=O) groups excluding carboxylic acids is 1. The van der Waals surface area contributed by atoms with Gasteiger partial charge in [0.2, 0.25) is 0 Å². The summed E-state index contributed by atoms with van der Waals surface area (Å²) in [6, 6.07) is 0. The van der Waals surface area contributed by atoms with Crippen molar-refractivity contribution < 1.29 is 9.90 Å². The Kier molecular flexibility index (Phi) is 3.02. The molecule has 0 fully saturated rings. The van der Waals surface area contributed by atoms with Crippen molar-refractivity contribution >= 4 is 11.7 Å². The third kappa shape index (κ3) is 2.29. The van der Waals surface area contributed by atoms with E-state index < -0.39 is 12.0 Å².